The number of nitriles is 2. The van der Waals surface area contributed by atoms with Crippen LogP contribution in [-0.4, -0.2) is 4.92 Å². The van der Waals surface area contributed by atoms with Gasteiger partial charge in [-0.1, -0.05) is 12.1 Å². The Balaban J connectivity index is 2.34. The van der Waals surface area contributed by atoms with Gasteiger partial charge in [0, 0.05) is 12.1 Å². The normalized spacial score (nSPS) is 10.5. The fourth-order valence-corrected chi connectivity index (χ4v) is 1.76. The summed E-state index contributed by atoms with van der Waals surface area (Å²) >= 11 is 0. The third kappa shape index (κ3) is 3.31. The molecule has 0 atom stereocenters. The zero-order valence-corrected chi connectivity index (χ0v) is 10.9. The molecule has 0 aromatic heterocycles. The first-order chi connectivity index (χ1) is 10.1. The van der Waals surface area contributed by atoms with E-state index in [9.17, 15) is 15.4 Å². The van der Waals surface area contributed by atoms with E-state index in [1.165, 1.54) is 24.3 Å². The second kappa shape index (κ2) is 6.14. The van der Waals surface area contributed by atoms with Crippen LogP contribution < -0.4 is 0 Å². The van der Waals surface area contributed by atoms with Gasteiger partial charge in [-0.05, 0) is 41.5 Å². The summed E-state index contributed by atoms with van der Waals surface area (Å²) in [5, 5.41) is 28.6. The number of rotatable bonds is 3. The van der Waals surface area contributed by atoms with Crippen molar-refractivity contribution in [2.45, 2.75) is 0 Å². The van der Waals surface area contributed by atoms with Crippen LogP contribution in [0.25, 0.3) is 11.6 Å². The van der Waals surface area contributed by atoms with Crippen molar-refractivity contribution in [2.24, 2.45) is 0 Å². The summed E-state index contributed by atoms with van der Waals surface area (Å²) in [4.78, 5) is 10.1. The number of hydrogen-bond acceptors (Lipinski definition) is 4. The van der Waals surface area contributed by atoms with Crippen molar-refractivity contribution >= 4 is 17.3 Å². The van der Waals surface area contributed by atoms with Gasteiger partial charge in [-0.25, -0.2) is 0 Å². The first-order valence-corrected chi connectivity index (χ1v) is 6.01. The minimum atomic E-state index is -0.486. The standard InChI is InChI=1S/C16H9N3O2/c17-10-13-3-1-12(2-4-13)9-15(11-18)14-5-7-16(8-6-14)19(20)21/h1-9H/b15-9+. The predicted octanol–water partition coefficient (Wildman–Crippen LogP) is 3.53. The summed E-state index contributed by atoms with van der Waals surface area (Å²) in [6.45, 7) is 0. The summed E-state index contributed by atoms with van der Waals surface area (Å²) in [6.07, 6.45) is 1.67. The molecule has 0 amide bonds. The van der Waals surface area contributed by atoms with Gasteiger partial charge in [-0.3, -0.25) is 10.1 Å². The number of allylic oxidation sites excluding steroid dienone is 1. The molecule has 0 aliphatic rings. The highest BCUT2D eigenvalue weighted by molar-refractivity contribution is 5.89. The molecule has 100 valence electrons. The van der Waals surface area contributed by atoms with Gasteiger partial charge in [0.2, 0.25) is 0 Å². The highest BCUT2D eigenvalue weighted by Gasteiger charge is 2.06. The van der Waals surface area contributed by atoms with E-state index in [0.29, 0.717) is 16.7 Å². The maximum Gasteiger partial charge on any atom is 0.269 e. The molecule has 2 aromatic carbocycles. The lowest BCUT2D eigenvalue weighted by Crippen LogP contribution is -1.88. The van der Waals surface area contributed by atoms with Crippen LogP contribution in [0.4, 0.5) is 5.69 Å². The third-order valence-electron chi connectivity index (χ3n) is 2.86. The SMILES string of the molecule is N#C/C(=C\c1ccc(C#N)cc1)c1ccc([N+](=O)[O-])cc1. The smallest absolute Gasteiger partial charge is 0.258 e. The molecule has 2 rings (SSSR count). The summed E-state index contributed by atoms with van der Waals surface area (Å²) in [5.41, 5.74) is 2.31. The van der Waals surface area contributed by atoms with Crippen LogP contribution in [0.3, 0.4) is 0 Å². The first-order valence-electron chi connectivity index (χ1n) is 6.01. The Morgan fingerprint density at radius 3 is 2.14 bits per heavy atom. The molecule has 21 heavy (non-hydrogen) atoms. The number of hydrogen-bond donors (Lipinski definition) is 0. The highest BCUT2D eigenvalue weighted by Crippen LogP contribution is 2.20. The molecular formula is C16H9N3O2. The minimum absolute atomic E-state index is 0.0191. The monoisotopic (exact) mass is 275 g/mol. The fraction of sp³-hybridized carbons (Fsp3) is 0. The van der Waals surface area contributed by atoms with E-state index < -0.39 is 4.92 Å². The minimum Gasteiger partial charge on any atom is -0.258 e. The Morgan fingerprint density at radius 2 is 1.67 bits per heavy atom. The molecule has 0 heterocycles. The average molecular weight is 275 g/mol. The Morgan fingerprint density at radius 1 is 1.05 bits per heavy atom. The van der Waals surface area contributed by atoms with E-state index in [4.69, 9.17) is 5.26 Å². The van der Waals surface area contributed by atoms with Gasteiger partial charge in [0.25, 0.3) is 5.69 Å². The van der Waals surface area contributed by atoms with Crippen molar-refractivity contribution < 1.29 is 4.92 Å². The van der Waals surface area contributed by atoms with Crippen LogP contribution in [0.15, 0.2) is 48.5 Å². The van der Waals surface area contributed by atoms with E-state index in [2.05, 4.69) is 6.07 Å². The van der Waals surface area contributed by atoms with Crippen molar-refractivity contribution in [3.63, 3.8) is 0 Å². The Kier molecular flexibility index (Phi) is 4.09. The van der Waals surface area contributed by atoms with Gasteiger partial charge < -0.3 is 0 Å². The first kappa shape index (κ1) is 14.0. The molecular weight excluding hydrogens is 266 g/mol. The second-order valence-corrected chi connectivity index (χ2v) is 4.21. The van der Waals surface area contributed by atoms with Crippen LogP contribution in [-0.2, 0) is 0 Å². The summed E-state index contributed by atoms with van der Waals surface area (Å²) < 4.78 is 0. The average Bonchev–Trinajstić information content (AvgIpc) is 2.53. The largest absolute Gasteiger partial charge is 0.269 e. The van der Waals surface area contributed by atoms with E-state index in [1.54, 1.807) is 30.3 Å². The molecule has 0 unspecified atom stereocenters. The molecule has 0 saturated carbocycles. The fourth-order valence-electron chi connectivity index (χ4n) is 1.76. The molecule has 0 aliphatic heterocycles. The van der Waals surface area contributed by atoms with Crippen LogP contribution in [0.2, 0.25) is 0 Å². The molecule has 0 aliphatic carbocycles. The van der Waals surface area contributed by atoms with Crippen molar-refractivity contribution in [3.05, 3.63) is 75.3 Å². The number of non-ortho nitro benzene ring substituents is 1. The van der Waals surface area contributed by atoms with Gasteiger partial charge in [0.15, 0.2) is 0 Å². The Labute approximate surface area is 121 Å². The third-order valence-corrected chi connectivity index (χ3v) is 2.86. The van der Waals surface area contributed by atoms with Gasteiger partial charge in [0.1, 0.15) is 0 Å². The molecule has 0 spiro atoms. The number of nitrogens with zero attached hydrogens (tertiary/aromatic N) is 3. The number of nitro benzene ring substituents is 1. The quantitative estimate of drug-likeness (QED) is 0.371. The zero-order valence-electron chi connectivity index (χ0n) is 10.9. The van der Waals surface area contributed by atoms with E-state index >= 15 is 0 Å². The molecule has 0 saturated heterocycles. The van der Waals surface area contributed by atoms with Crippen molar-refractivity contribution in [3.8, 4) is 12.1 Å². The van der Waals surface area contributed by atoms with Crippen LogP contribution in [0.5, 0.6) is 0 Å². The van der Waals surface area contributed by atoms with Gasteiger partial charge in [-0.15, -0.1) is 0 Å². The molecule has 0 radical (unpaired) electrons. The maximum atomic E-state index is 10.6. The van der Waals surface area contributed by atoms with E-state index in [1.807, 2.05) is 6.07 Å². The maximum absolute atomic E-state index is 10.6. The van der Waals surface area contributed by atoms with E-state index in [-0.39, 0.29) is 5.69 Å². The van der Waals surface area contributed by atoms with Gasteiger partial charge >= 0.3 is 0 Å². The number of nitro groups is 1. The van der Waals surface area contributed by atoms with Crippen LogP contribution >= 0.6 is 0 Å². The van der Waals surface area contributed by atoms with Crippen LogP contribution in [0.1, 0.15) is 16.7 Å². The zero-order chi connectivity index (χ0) is 15.2. The van der Waals surface area contributed by atoms with E-state index in [0.717, 1.165) is 5.56 Å². The molecule has 0 bridgehead atoms. The molecule has 0 fully saturated rings. The lowest BCUT2D eigenvalue weighted by molar-refractivity contribution is -0.384. The van der Waals surface area contributed by atoms with Gasteiger partial charge in [-0.2, -0.15) is 10.5 Å². The summed E-state index contributed by atoms with van der Waals surface area (Å²) in [6, 6.07) is 16.7. The number of benzene rings is 2. The second-order valence-electron chi connectivity index (χ2n) is 4.21. The molecule has 2 aromatic rings. The lowest BCUT2D eigenvalue weighted by Gasteiger charge is -2.00. The van der Waals surface area contributed by atoms with Crippen molar-refractivity contribution in [2.75, 3.05) is 0 Å². The summed E-state index contributed by atoms with van der Waals surface area (Å²) in [7, 11) is 0. The molecule has 5 heteroatoms. The van der Waals surface area contributed by atoms with Crippen LogP contribution in [0, 0.1) is 32.8 Å². The van der Waals surface area contributed by atoms with Gasteiger partial charge in [0.05, 0.1) is 28.2 Å². The highest BCUT2D eigenvalue weighted by atomic mass is 16.6. The topological polar surface area (TPSA) is 90.7 Å². The molecule has 5 nitrogen and oxygen atoms in total. The Bertz CT molecular complexity index is 776. The lowest BCUT2D eigenvalue weighted by atomic mass is 10.0. The molecule has 0 N–H and O–H groups in total. The van der Waals surface area contributed by atoms with Crippen molar-refractivity contribution in [1.29, 1.82) is 10.5 Å². The Hall–Kier alpha value is -3.44. The summed E-state index contributed by atoms with van der Waals surface area (Å²) in [5.74, 6) is 0. The van der Waals surface area contributed by atoms with Crippen molar-refractivity contribution in [1.82, 2.24) is 0 Å². The predicted molar refractivity (Wildman–Crippen MR) is 77.7 cm³/mol.